The lowest BCUT2D eigenvalue weighted by Crippen LogP contribution is -2.51. The average Bonchev–Trinajstić information content (AvgIpc) is 2.54. The zero-order valence-corrected chi connectivity index (χ0v) is 16.3. The fourth-order valence-corrected chi connectivity index (χ4v) is 2.89. The van der Waals surface area contributed by atoms with Gasteiger partial charge in [-0.15, -0.1) is 0 Å². The fourth-order valence-electron chi connectivity index (χ4n) is 2.89. The van der Waals surface area contributed by atoms with Gasteiger partial charge in [0.05, 0.1) is 6.10 Å². The van der Waals surface area contributed by atoms with Crippen molar-refractivity contribution in [1.29, 1.82) is 0 Å². The Hall–Kier alpha value is -2.11. The van der Waals surface area contributed by atoms with Crippen LogP contribution in [-0.4, -0.2) is 53.9 Å². The van der Waals surface area contributed by atoms with Crippen molar-refractivity contribution in [2.24, 2.45) is 5.41 Å². The molecule has 2 rings (SSSR count). The van der Waals surface area contributed by atoms with Crippen LogP contribution in [0, 0.1) is 11.2 Å². The minimum Gasteiger partial charge on any atom is -0.488 e. The monoisotopic (exact) mass is 364 g/mol. The van der Waals surface area contributed by atoms with E-state index in [9.17, 15) is 14.0 Å². The van der Waals surface area contributed by atoms with Gasteiger partial charge >= 0.3 is 0 Å². The topological polar surface area (TPSA) is 49.9 Å². The second kappa shape index (κ2) is 8.06. The van der Waals surface area contributed by atoms with Gasteiger partial charge in [-0.1, -0.05) is 20.8 Å². The number of hydrogen-bond acceptors (Lipinski definition) is 3. The van der Waals surface area contributed by atoms with Gasteiger partial charge in [-0.25, -0.2) is 4.39 Å². The maximum absolute atomic E-state index is 14.1. The van der Waals surface area contributed by atoms with Crippen molar-refractivity contribution in [2.75, 3.05) is 26.2 Å². The van der Waals surface area contributed by atoms with E-state index in [0.29, 0.717) is 38.2 Å². The third-order valence-electron chi connectivity index (χ3n) is 4.14. The Kier molecular flexibility index (Phi) is 6.26. The zero-order chi connectivity index (χ0) is 19.5. The number of amides is 2. The maximum Gasteiger partial charge on any atom is 0.254 e. The van der Waals surface area contributed by atoms with Gasteiger partial charge in [0.1, 0.15) is 0 Å². The van der Waals surface area contributed by atoms with Crippen LogP contribution in [0.1, 0.15) is 51.4 Å². The number of carbonyl (C=O) groups is 2. The second-order valence-electron chi connectivity index (χ2n) is 8.22. The van der Waals surface area contributed by atoms with E-state index >= 15 is 0 Å². The first-order valence-corrected chi connectivity index (χ1v) is 9.10. The number of nitrogens with zero attached hydrogens (tertiary/aromatic N) is 2. The molecule has 1 heterocycles. The molecule has 5 nitrogen and oxygen atoms in total. The summed E-state index contributed by atoms with van der Waals surface area (Å²) in [6.45, 7) is 11.7. The lowest BCUT2D eigenvalue weighted by atomic mass is 9.91. The third-order valence-corrected chi connectivity index (χ3v) is 4.14. The molecule has 0 unspecified atom stereocenters. The molecule has 0 aliphatic carbocycles. The van der Waals surface area contributed by atoms with E-state index in [1.54, 1.807) is 15.9 Å². The molecule has 0 spiro atoms. The molecule has 1 saturated heterocycles. The minimum atomic E-state index is -0.538. The molecule has 2 amide bonds. The Labute approximate surface area is 155 Å². The van der Waals surface area contributed by atoms with Crippen molar-refractivity contribution in [3.63, 3.8) is 0 Å². The predicted molar refractivity (Wildman–Crippen MR) is 98.7 cm³/mol. The van der Waals surface area contributed by atoms with E-state index in [1.165, 1.54) is 12.1 Å². The summed E-state index contributed by atoms with van der Waals surface area (Å²) in [5.41, 5.74) is 0.245. The molecule has 0 N–H and O–H groups in total. The summed E-state index contributed by atoms with van der Waals surface area (Å²) < 4.78 is 19.5. The lowest BCUT2D eigenvalue weighted by Gasteiger charge is -2.36. The van der Waals surface area contributed by atoms with Crippen LogP contribution in [-0.2, 0) is 4.79 Å². The number of halogens is 1. The first kappa shape index (κ1) is 20.2. The van der Waals surface area contributed by atoms with Crippen LogP contribution in [0.3, 0.4) is 0 Å². The highest BCUT2D eigenvalue weighted by Gasteiger charge is 2.27. The molecule has 0 radical (unpaired) electrons. The van der Waals surface area contributed by atoms with Gasteiger partial charge in [0.25, 0.3) is 5.91 Å². The Balaban J connectivity index is 1.96. The van der Waals surface area contributed by atoms with Gasteiger partial charge < -0.3 is 14.5 Å². The number of benzene rings is 1. The Morgan fingerprint density at radius 3 is 2.19 bits per heavy atom. The van der Waals surface area contributed by atoms with Crippen molar-refractivity contribution >= 4 is 11.8 Å². The number of piperazine rings is 1. The standard InChI is InChI=1S/C20H29FN2O3/c1-14(2)26-17-7-6-15(12-16(17)21)19(25)23-10-8-22(9-11-23)18(24)13-20(3,4)5/h6-7,12,14H,8-11,13H2,1-5H3. The van der Waals surface area contributed by atoms with Gasteiger partial charge in [-0.3, -0.25) is 9.59 Å². The molecule has 1 aromatic rings. The Morgan fingerprint density at radius 2 is 1.69 bits per heavy atom. The number of rotatable bonds is 4. The van der Waals surface area contributed by atoms with Crippen LogP contribution in [0.4, 0.5) is 4.39 Å². The summed E-state index contributed by atoms with van der Waals surface area (Å²) in [5.74, 6) is -0.494. The number of carbonyl (C=O) groups excluding carboxylic acids is 2. The highest BCUT2D eigenvalue weighted by Crippen LogP contribution is 2.22. The van der Waals surface area contributed by atoms with Gasteiger partial charge in [0, 0.05) is 38.2 Å². The highest BCUT2D eigenvalue weighted by atomic mass is 19.1. The van der Waals surface area contributed by atoms with Gasteiger partial charge in [-0.2, -0.15) is 0 Å². The summed E-state index contributed by atoms with van der Waals surface area (Å²) in [4.78, 5) is 28.4. The molecule has 1 aliphatic rings. The summed E-state index contributed by atoms with van der Waals surface area (Å²) in [5, 5.41) is 0. The Bertz CT molecular complexity index is 660. The quantitative estimate of drug-likeness (QED) is 0.823. The summed E-state index contributed by atoms with van der Waals surface area (Å²) in [6, 6.07) is 4.29. The zero-order valence-electron chi connectivity index (χ0n) is 16.3. The van der Waals surface area contributed by atoms with Crippen LogP contribution >= 0.6 is 0 Å². The molecular weight excluding hydrogens is 335 g/mol. The first-order valence-electron chi connectivity index (χ1n) is 9.10. The number of hydrogen-bond donors (Lipinski definition) is 0. The fraction of sp³-hybridized carbons (Fsp3) is 0.600. The van der Waals surface area contributed by atoms with E-state index in [2.05, 4.69) is 0 Å². The van der Waals surface area contributed by atoms with Crippen molar-refractivity contribution in [3.8, 4) is 5.75 Å². The van der Waals surface area contributed by atoms with Gasteiger partial charge in [-0.05, 0) is 37.5 Å². The average molecular weight is 364 g/mol. The lowest BCUT2D eigenvalue weighted by molar-refractivity contribution is -0.134. The predicted octanol–water partition coefficient (Wildman–Crippen LogP) is 3.33. The van der Waals surface area contributed by atoms with E-state index < -0.39 is 5.82 Å². The van der Waals surface area contributed by atoms with Gasteiger partial charge in [0.2, 0.25) is 5.91 Å². The molecule has 144 valence electrons. The van der Waals surface area contributed by atoms with Crippen molar-refractivity contribution < 1.29 is 18.7 Å². The molecule has 0 bridgehead atoms. The molecule has 26 heavy (non-hydrogen) atoms. The van der Waals surface area contributed by atoms with E-state index in [-0.39, 0.29) is 29.1 Å². The van der Waals surface area contributed by atoms with E-state index in [4.69, 9.17) is 4.74 Å². The van der Waals surface area contributed by atoms with E-state index in [0.717, 1.165) is 0 Å². The van der Waals surface area contributed by atoms with Crippen LogP contribution in [0.15, 0.2) is 18.2 Å². The normalized spacial score (nSPS) is 15.3. The second-order valence-corrected chi connectivity index (χ2v) is 8.22. The van der Waals surface area contributed by atoms with Gasteiger partial charge in [0.15, 0.2) is 11.6 Å². The highest BCUT2D eigenvalue weighted by molar-refractivity contribution is 5.94. The smallest absolute Gasteiger partial charge is 0.254 e. The number of ether oxygens (including phenoxy) is 1. The summed E-state index contributed by atoms with van der Waals surface area (Å²) in [7, 11) is 0. The minimum absolute atomic E-state index is 0.0542. The molecule has 0 aromatic heterocycles. The summed E-state index contributed by atoms with van der Waals surface area (Å²) >= 11 is 0. The van der Waals surface area contributed by atoms with Crippen LogP contribution < -0.4 is 4.74 Å². The first-order chi connectivity index (χ1) is 12.1. The van der Waals surface area contributed by atoms with E-state index in [1.807, 2.05) is 34.6 Å². The molecule has 0 saturated carbocycles. The molecule has 1 aliphatic heterocycles. The SMILES string of the molecule is CC(C)Oc1ccc(C(=O)N2CCN(C(=O)CC(C)(C)C)CC2)cc1F. The Morgan fingerprint density at radius 1 is 1.12 bits per heavy atom. The molecule has 1 aromatic carbocycles. The molecule has 6 heteroatoms. The molecular formula is C20H29FN2O3. The van der Waals surface area contributed by atoms with Crippen molar-refractivity contribution in [1.82, 2.24) is 9.80 Å². The molecule has 1 fully saturated rings. The van der Waals surface area contributed by atoms with Crippen LogP contribution in [0.2, 0.25) is 0 Å². The van der Waals surface area contributed by atoms with Crippen LogP contribution in [0.5, 0.6) is 5.75 Å². The third kappa shape index (κ3) is 5.44. The maximum atomic E-state index is 14.1. The molecule has 0 atom stereocenters. The summed E-state index contributed by atoms with van der Waals surface area (Å²) in [6.07, 6.45) is 0.355. The van der Waals surface area contributed by atoms with Crippen molar-refractivity contribution in [3.05, 3.63) is 29.6 Å². The largest absolute Gasteiger partial charge is 0.488 e. The van der Waals surface area contributed by atoms with Crippen LogP contribution in [0.25, 0.3) is 0 Å². The van der Waals surface area contributed by atoms with Crippen molar-refractivity contribution in [2.45, 2.75) is 47.1 Å².